The molecule has 0 aliphatic heterocycles. The van der Waals surface area contributed by atoms with Crippen LogP contribution in [-0.2, 0) is 13.0 Å². The van der Waals surface area contributed by atoms with E-state index in [2.05, 4.69) is 19.1 Å². The van der Waals surface area contributed by atoms with Gasteiger partial charge in [0.2, 0.25) is 0 Å². The van der Waals surface area contributed by atoms with Crippen molar-refractivity contribution < 1.29 is 22.1 Å². The smallest absolute Gasteiger partial charge is 0.171 e. The fourth-order valence-corrected chi connectivity index (χ4v) is 1.21. The first-order chi connectivity index (χ1) is 5.86. The SMILES string of the molecule is CCCc1cc[n+](CCO)cc1.[Cl-]. The zero-order chi connectivity index (χ0) is 8.81. The van der Waals surface area contributed by atoms with Crippen molar-refractivity contribution in [2.45, 2.75) is 26.3 Å². The number of nitrogens with zero attached hydrogens (tertiary/aromatic N) is 1. The fraction of sp³-hybridized carbons (Fsp3) is 0.500. The average Bonchev–Trinajstić information content (AvgIpc) is 2.09. The highest BCUT2D eigenvalue weighted by atomic mass is 35.5. The largest absolute Gasteiger partial charge is 1.00 e. The average molecular weight is 202 g/mol. The summed E-state index contributed by atoms with van der Waals surface area (Å²) >= 11 is 0. The molecule has 0 radical (unpaired) electrons. The summed E-state index contributed by atoms with van der Waals surface area (Å²) < 4.78 is 1.99. The zero-order valence-corrected chi connectivity index (χ0v) is 8.67. The molecular formula is C10H16ClNO. The maximum absolute atomic E-state index is 8.67. The molecule has 0 amide bonds. The Bertz CT molecular complexity index is 198. The fourth-order valence-electron chi connectivity index (χ4n) is 1.21. The molecule has 0 unspecified atom stereocenters. The lowest BCUT2D eigenvalue weighted by Gasteiger charge is -1.96. The molecule has 1 aromatic heterocycles. The quantitative estimate of drug-likeness (QED) is 0.556. The van der Waals surface area contributed by atoms with Crippen LogP contribution < -0.4 is 17.0 Å². The van der Waals surface area contributed by atoms with Gasteiger partial charge in [0.1, 0.15) is 6.61 Å². The number of halogens is 1. The molecule has 0 aliphatic carbocycles. The summed E-state index contributed by atoms with van der Waals surface area (Å²) in [5.41, 5.74) is 1.37. The molecule has 1 rings (SSSR count). The van der Waals surface area contributed by atoms with Crippen molar-refractivity contribution in [2.75, 3.05) is 6.61 Å². The van der Waals surface area contributed by atoms with Crippen LogP contribution in [0.1, 0.15) is 18.9 Å². The van der Waals surface area contributed by atoms with Crippen molar-refractivity contribution in [3.63, 3.8) is 0 Å². The van der Waals surface area contributed by atoms with Crippen LogP contribution in [-0.4, -0.2) is 11.7 Å². The van der Waals surface area contributed by atoms with Crippen LogP contribution in [0.15, 0.2) is 24.5 Å². The summed E-state index contributed by atoms with van der Waals surface area (Å²) in [6.07, 6.45) is 6.35. The first kappa shape index (κ1) is 12.4. The highest BCUT2D eigenvalue weighted by molar-refractivity contribution is 5.06. The summed E-state index contributed by atoms with van der Waals surface area (Å²) in [7, 11) is 0. The van der Waals surface area contributed by atoms with Crippen molar-refractivity contribution in [3.05, 3.63) is 30.1 Å². The van der Waals surface area contributed by atoms with E-state index in [1.807, 2.05) is 17.0 Å². The van der Waals surface area contributed by atoms with Gasteiger partial charge in [-0.05, 0) is 12.0 Å². The van der Waals surface area contributed by atoms with E-state index < -0.39 is 0 Å². The number of aryl methyl sites for hydroxylation is 1. The molecule has 0 bridgehead atoms. The van der Waals surface area contributed by atoms with Crippen LogP contribution in [0.25, 0.3) is 0 Å². The predicted octanol–water partition coefficient (Wildman–Crippen LogP) is -2.08. The first-order valence-electron chi connectivity index (χ1n) is 4.45. The molecule has 0 atom stereocenters. The number of rotatable bonds is 4. The summed E-state index contributed by atoms with van der Waals surface area (Å²) in [6, 6.07) is 4.22. The first-order valence-corrected chi connectivity index (χ1v) is 4.45. The molecule has 3 heteroatoms. The molecule has 1 heterocycles. The van der Waals surface area contributed by atoms with Crippen molar-refractivity contribution in [3.8, 4) is 0 Å². The molecule has 0 fully saturated rings. The molecule has 13 heavy (non-hydrogen) atoms. The molecule has 0 aromatic carbocycles. The Labute approximate surface area is 85.6 Å². The van der Waals surface area contributed by atoms with E-state index >= 15 is 0 Å². The summed E-state index contributed by atoms with van der Waals surface area (Å²) in [4.78, 5) is 0. The molecule has 0 aliphatic rings. The van der Waals surface area contributed by atoms with Gasteiger partial charge in [-0.3, -0.25) is 0 Å². The molecule has 74 valence electrons. The Balaban J connectivity index is 0.00000144. The van der Waals surface area contributed by atoms with E-state index in [9.17, 15) is 0 Å². The van der Waals surface area contributed by atoms with Crippen molar-refractivity contribution in [2.24, 2.45) is 0 Å². The number of pyridine rings is 1. The van der Waals surface area contributed by atoms with Crippen LogP contribution in [0.5, 0.6) is 0 Å². The van der Waals surface area contributed by atoms with Gasteiger partial charge in [0.05, 0.1) is 0 Å². The third kappa shape index (κ3) is 4.25. The Morgan fingerprint density at radius 2 is 1.92 bits per heavy atom. The van der Waals surface area contributed by atoms with Crippen LogP contribution in [0.2, 0.25) is 0 Å². The molecular weight excluding hydrogens is 186 g/mol. The van der Waals surface area contributed by atoms with Gasteiger partial charge in [-0.2, -0.15) is 0 Å². The van der Waals surface area contributed by atoms with Crippen molar-refractivity contribution >= 4 is 0 Å². The lowest BCUT2D eigenvalue weighted by Crippen LogP contribution is -3.00. The lowest BCUT2D eigenvalue weighted by molar-refractivity contribution is -0.698. The Morgan fingerprint density at radius 3 is 2.38 bits per heavy atom. The van der Waals surface area contributed by atoms with E-state index in [1.165, 1.54) is 12.0 Å². The number of aromatic nitrogens is 1. The standard InChI is InChI=1S/C10H16NO.ClH/c1-2-3-10-4-6-11(7-5-10)8-9-12;/h4-7,12H,2-3,8-9H2,1H3;1H/q+1;/p-1. The van der Waals surface area contributed by atoms with Crippen LogP contribution in [0.3, 0.4) is 0 Å². The lowest BCUT2D eigenvalue weighted by atomic mass is 10.2. The number of hydrogen-bond acceptors (Lipinski definition) is 1. The number of aliphatic hydroxyl groups is 1. The number of hydrogen-bond donors (Lipinski definition) is 1. The van der Waals surface area contributed by atoms with Gasteiger partial charge < -0.3 is 17.5 Å². The van der Waals surface area contributed by atoms with Gasteiger partial charge in [-0.25, -0.2) is 4.57 Å². The van der Waals surface area contributed by atoms with E-state index in [0.29, 0.717) is 6.54 Å². The van der Waals surface area contributed by atoms with Crippen molar-refractivity contribution in [1.29, 1.82) is 0 Å². The van der Waals surface area contributed by atoms with Gasteiger partial charge in [-0.1, -0.05) is 13.3 Å². The van der Waals surface area contributed by atoms with Crippen LogP contribution >= 0.6 is 0 Å². The highest BCUT2D eigenvalue weighted by Crippen LogP contribution is 1.98. The topological polar surface area (TPSA) is 24.1 Å². The molecule has 1 aromatic rings. The summed E-state index contributed by atoms with van der Waals surface area (Å²) in [5, 5.41) is 8.67. The Hall–Kier alpha value is -0.600. The van der Waals surface area contributed by atoms with E-state index in [0.717, 1.165) is 6.42 Å². The van der Waals surface area contributed by atoms with Crippen molar-refractivity contribution in [1.82, 2.24) is 0 Å². The van der Waals surface area contributed by atoms with Gasteiger partial charge >= 0.3 is 0 Å². The summed E-state index contributed by atoms with van der Waals surface area (Å²) in [5.74, 6) is 0. The monoisotopic (exact) mass is 201 g/mol. The second kappa shape index (κ2) is 6.87. The minimum atomic E-state index is 0. The Morgan fingerprint density at radius 1 is 1.31 bits per heavy atom. The van der Waals surface area contributed by atoms with Gasteiger partial charge in [-0.15, -0.1) is 0 Å². The van der Waals surface area contributed by atoms with Gasteiger partial charge in [0, 0.05) is 12.1 Å². The second-order valence-electron chi connectivity index (χ2n) is 2.92. The van der Waals surface area contributed by atoms with E-state index in [4.69, 9.17) is 5.11 Å². The third-order valence-corrected chi connectivity index (χ3v) is 1.86. The molecule has 0 spiro atoms. The van der Waals surface area contributed by atoms with Gasteiger partial charge in [0.15, 0.2) is 18.9 Å². The molecule has 0 saturated heterocycles. The minimum absolute atomic E-state index is 0. The normalized spacial score (nSPS) is 9.38. The highest BCUT2D eigenvalue weighted by Gasteiger charge is 1.97. The Kier molecular flexibility index (Phi) is 6.55. The predicted molar refractivity (Wildman–Crippen MR) is 47.7 cm³/mol. The second-order valence-corrected chi connectivity index (χ2v) is 2.92. The maximum Gasteiger partial charge on any atom is 0.171 e. The van der Waals surface area contributed by atoms with E-state index in [1.54, 1.807) is 0 Å². The van der Waals surface area contributed by atoms with Crippen LogP contribution in [0, 0.1) is 0 Å². The maximum atomic E-state index is 8.67. The van der Waals surface area contributed by atoms with Crippen LogP contribution in [0.4, 0.5) is 0 Å². The third-order valence-electron chi connectivity index (χ3n) is 1.86. The zero-order valence-electron chi connectivity index (χ0n) is 7.91. The van der Waals surface area contributed by atoms with Gasteiger partial charge in [0.25, 0.3) is 0 Å². The molecule has 2 nitrogen and oxygen atoms in total. The van der Waals surface area contributed by atoms with E-state index in [-0.39, 0.29) is 19.0 Å². The number of aliphatic hydroxyl groups excluding tert-OH is 1. The minimum Gasteiger partial charge on any atom is -1.00 e. The molecule has 1 N–H and O–H groups in total. The molecule has 0 saturated carbocycles. The summed E-state index contributed by atoms with van der Waals surface area (Å²) in [6.45, 7) is 3.07.